The Morgan fingerprint density at radius 2 is 1.59 bits per heavy atom. The van der Waals surface area contributed by atoms with Gasteiger partial charge in [0.2, 0.25) is 0 Å². The van der Waals surface area contributed by atoms with Gasteiger partial charge in [0.15, 0.2) is 6.29 Å². The molecule has 1 saturated heterocycles. The summed E-state index contributed by atoms with van der Waals surface area (Å²) in [6, 6.07) is 5.92. The molecule has 2 aliphatic rings. The summed E-state index contributed by atoms with van der Waals surface area (Å²) >= 11 is 0. The molecule has 0 spiro atoms. The third-order valence-corrected chi connectivity index (χ3v) is 6.66. The maximum atomic E-state index is 14.9. The lowest BCUT2D eigenvalue weighted by atomic mass is 9.85. The number of alkyl halides is 2. The Balaban J connectivity index is 1.46. The zero-order valence-electron chi connectivity index (χ0n) is 19.4. The van der Waals surface area contributed by atoms with Gasteiger partial charge in [-0.15, -0.1) is 0 Å². The van der Waals surface area contributed by atoms with Crippen LogP contribution in [0.2, 0.25) is 0 Å². The van der Waals surface area contributed by atoms with Crippen molar-refractivity contribution in [2.24, 2.45) is 11.8 Å². The molecule has 34 heavy (non-hydrogen) atoms. The van der Waals surface area contributed by atoms with E-state index >= 15 is 0 Å². The molecule has 2 aromatic carbocycles. The molecule has 0 amide bonds. The van der Waals surface area contributed by atoms with Gasteiger partial charge in [-0.3, -0.25) is 0 Å². The molecule has 7 heteroatoms. The maximum absolute atomic E-state index is 14.9. The Bertz CT molecular complexity index is 1030. The molecule has 0 saturated carbocycles. The summed E-state index contributed by atoms with van der Waals surface area (Å²) in [5, 5.41) is 0. The minimum absolute atomic E-state index is 0.0487. The van der Waals surface area contributed by atoms with Gasteiger partial charge in [-0.05, 0) is 60.6 Å². The second-order valence-corrected chi connectivity index (χ2v) is 9.35. The van der Waals surface area contributed by atoms with E-state index in [9.17, 15) is 22.0 Å². The fraction of sp³-hybridized carbons (Fsp3) is 0.481. The first-order chi connectivity index (χ1) is 16.2. The minimum atomic E-state index is -3.68. The molecule has 184 valence electrons. The van der Waals surface area contributed by atoms with E-state index in [2.05, 4.69) is 13.0 Å². The van der Waals surface area contributed by atoms with Crippen LogP contribution in [0.15, 0.2) is 36.4 Å². The normalized spacial score (nSPS) is 23.6. The molecule has 4 rings (SSSR count). The highest BCUT2D eigenvalue weighted by Gasteiger charge is 2.33. The van der Waals surface area contributed by atoms with Crippen LogP contribution in [0, 0.1) is 29.3 Å². The highest BCUT2D eigenvalue weighted by atomic mass is 19.3. The number of benzene rings is 2. The van der Waals surface area contributed by atoms with Crippen molar-refractivity contribution in [1.82, 2.24) is 0 Å². The first-order valence-corrected chi connectivity index (χ1v) is 11.8. The highest BCUT2D eigenvalue weighted by Crippen LogP contribution is 2.38. The molecule has 2 nitrogen and oxygen atoms in total. The fourth-order valence-electron chi connectivity index (χ4n) is 4.87. The predicted molar refractivity (Wildman–Crippen MR) is 121 cm³/mol. The van der Waals surface area contributed by atoms with Crippen molar-refractivity contribution in [3.05, 3.63) is 65.0 Å². The largest absolute Gasteiger partial charge is 0.352 e. The zero-order chi connectivity index (χ0) is 24.5. The number of allylic oxidation sites excluding steroid dienone is 2. The Hall–Kier alpha value is -2.25. The third kappa shape index (κ3) is 5.36. The van der Waals surface area contributed by atoms with Crippen molar-refractivity contribution >= 4 is 5.57 Å². The molecule has 1 unspecified atom stereocenters. The van der Waals surface area contributed by atoms with Crippen molar-refractivity contribution in [3.63, 3.8) is 0 Å². The molecule has 0 bridgehead atoms. The van der Waals surface area contributed by atoms with Crippen molar-refractivity contribution in [2.75, 3.05) is 13.2 Å². The van der Waals surface area contributed by atoms with Gasteiger partial charge < -0.3 is 9.47 Å². The molecular weight excluding hydrogens is 451 g/mol. The summed E-state index contributed by atoms with van der Waals surface area (Å²) in [7, 11) is 0. The topological polar surface area (TPSA) is 18.5 Å². The fourth-order valence-corrected chi connectivity index (χ4v) is 4.87. The van der Waals surface area contributed by atoms with Crippen LogP contribution < -0.4 is 0 Å². The van der Waals surface area contributed by atoms with Crippen LogP contribution >= 0.6 is 0 Å². The SMILES string of the molecule is CCCC1COC(C2CC=C(c3ccc(-c4cc(F)c(C(C)(F)F)c(F)c4)c(F)c3)CC2)OC1. The Kier molecular flexibility index (Phi) is 7.43. The van der Waals surface area contributed by atoms with Crippen molar-refractivity contribution in [1.29, 1.82) is 0 Å². The molecule has 1 aliphatic heterocycles. The highest BCUT2D eigenvalue weighted by molar-refractivity contribution is 5.71. The van der Waals surface area contributed by atoms with E-state index in [0.717, 1.165) is 63.0 Å². The van der Waals surface area contributed by atoms with Crippen LogP contribution in [0.4, 0.5) is 22.0 Å². The summed E-state index contributed by atoms with van der Waals surface area (Å²) in [6.07, 6.45) is 6.38. The van der Waals surface area contributed by atoms with Gasteiger partial charge >= 0.3 is 0 Å². The number of ether oxygens (including phenoxy) is 2. The lowest BCUT2D eigenvalue weighted by molar-refractivity contribution is -0.225. The van der Waals surface area contributed by atoms with Crippen molar-refractivity contribution < 1.29 is 31.4 Å². The quantitative estimate of drug-likeness (QED) is 0.392. The Labute approximate surface area is 196 Å². The van der Waals surface area contributed by atoms with E-state index in [1.54, 1.807) is 6.07 Å². The zero-order valence-corrected chi connectivity index (χ0v) is 19.4. The van der Waals surface area contributed by atoms with Gasteiger partial charge in [0.1, 0.15) is 17.5 Å². The molecule has 1 fully saturated rings. The predicted octanol–water partition coefficient (Wildman–Crippen LogP) is 7.86. The summed E-state index contributed by atoms with van der Waals surface area (Å²) in [5.41, 5.74) is 0.178. The van der Waals surface area contributed by atoms with E-state index in [1.165, 1.54) is 12.1 Å². The third-order valence-electron chi connectivity index (χ3n) is 6.66. The number of halogens is 5. The number of hydrogen-bond acceptors (Lipinski definition) is 2. The minimum Gasteiger partial charge on any atom is -0.352 e. The van der Waals surface area contributed by atoms with E-state index in [-0.39, 0.29) is 23.3 Å². The second-order valence-electron chi connectivity index (χ2n) is 9.35. The van der Waals surface area contributed by atoms with Crippen LogP contribution in [0.5, 0.6) is 0 Å². The van der Waals surface area contributed by atoms with Gasteiger partial charge in [-0.25, -0.2) is 22.0 Å². The van der Waals surface area contributed by atoms with Crippen LogP contribution in [0.3, 0.4) is 0 Å². The monoisotopic (exact) mass is 480 g/mol. The molecule has 1 aliphatic carbocycles. The maximum Gasteiger partial charge on any atom is 0.276 e. The summed E-state index contributed by atoms with van der Waals surface area (Å²) in [5.74, 6) is -6.45. The van der Waals surface area contributed by atoms with Crippen LogP contribution in [0.25, 0.3) is 16.7 Å². The molecule has 2 aromatic rings. The van der Waals surface area contributed by atoms with Crippen LogP contribution in [0.1, 0.15) is 57.1 Å². The number of hydrogen-bond donors (Lipinski definition) is 0. The van der Waals surface area contributed by atoms with Crippen LogP contribution in [-0.2, 0) is 15.4 Å². The second kappa shape index (κ2) is 10.2. The molecule has 0 radical (unpaired) electrons. The Morgan fingerprint density at radius 1 is 0.941 bits per heavy atom. The van der Waals surface area contributed by atoms with E-state index in [1.807, 2.05) is 0 Å². The van der Waals surface area contributed by atoms with Gasteiger partial charge in [0.25, 0.3) is 5.92 Å². The molecule has 1 heterocycles. The lowest BCUT2D eigenvalue weighted by Crippen LogP contribution is -2.37. The van der Waals surface area contributed by atoms with Gasteiger partial charge in [0.05, 0.1) is 18.8 Å². The molecule has 1 atom stereocenters. The van der Waals surface area contributed by atoms with E-state index in [4.69, 9.17) is 9.47 Å². The standard InChI is InChI=1S/C27H29F5O2/c1-3-4-16-14-33-26(34-15-16)18-7-5-17(6-8-18)19-9-10-21(22(28)11-19)20-12-23(29)25(24(30)13-20)27(2,31)32/h5,9-13,16,18,26H,3-4,6-8,14-15H2,1-2H3. The van der Waals surface area contributed by atoms with Gasteiger partial charge in [-0.2, -0.15) is 0 Å². The average Bonchev–Trinajstić information content (AvgIpc) is 2.78. The first-order valence-electron chi connectivity index (χ1n) is 11.8. The Morgan fingerprint density at radius 3 is 2.12 bits per heavy atom. The van der Waals surface area contributed by atoms with Gasteiger partial charge in [0, 0.05) is 24.3 Å². The number of rotatable bonds is 6. The molecule has 0 aromatic heterocycles. The summed E-state index contributed by atoms with van der Waals surface area (Å²) in [6.45, 7) is 4.00. The van der Waals surface area contributed by atoms with Crippen LogP contribution in [-0.4, -0.2) is 19.5 Å². The van der Waals surface area contributed by atoms with Gasteiger partial charge in [-0.1, -0.05) is 31.6 Å². The molecular formula is C27H29F5O2. The smallest absolute Gasteiger partial charge is 0.276 e. The average molecular weight is 481 g/mol. The van der Waals surface area contributed by atoms with Crippen molar-refractivity contribution in [3.8, 4) is 11.1 Å². The molecule has 0 N–H and O–H groups in total. The van der Waals surface area contributed by atoms with E-state index in [0.29, 0.717) is 18.4 Å². The summed E-state index contributed by atoms with van der Waals surface area (Å²) < 4.78 is 82.0. The van der Waals surface area contributed by atoms with Crippen molar-refractivity contribution in [2.45, 2.75) is 58.2 Å². The summed E-state index contributed by atoms with van der Waals surface area (Å²) in [4.78, 5) is 0. The first kappa shape index (κ1) is 24.9. The van der Waals surface area contributed by atoms with E-state index < -0.39 is 28.9 Å². The lowest BCUT2D eigenvalue weighted by Gasteiger charge is -2.35.